The van der Waals surface area contributed by atoms with Gasteiger partial charge < -0.3 is 13.8 Å². The van der Waals surface area contributed by atoms with Crippen LogP contribution in [-0.4, -0.2) is 30.7 Å². The highest BCUT2D eigenvalue weighted by molar-refractivity contribution is 7.58. The number of rotatable bonds is 9. The maximum absolute atomic E-state index is 13.3. The third kappa shape index (κ3) is 4.46. The number of esters is 1. The van der Waals surface area contributed by atoms with Crippen molar-refractivity contribution in [2.75, 3.05) is 19.8 Å². The monoisotopic (exact) mass is 397 g/mol. The Balaban J connectivity index is 2.52. The maximum Gasteiger partial charge on any atom is 0.357 e. The minimum absolute atomic E-state index is 0.0888. The molecule has 148 valence electrons. The molecule has 1 aliphatic carbocycles. The first-order valence-electron chi connectivity index (χ1n) is 8.89. The van der Waals surface area contributed by atoms with Crippen molar-refractivity contribution < 1.29 is 28.1 Å². The van der Waals surface area contributed by atoms with Gasteiger partial charge in [0.2, 0.25) is 0 Å². The van der Waals surface area contributed by atoms with Crippen LogP contribution < -0.4 is 0 Å². The Morgan fingerprint density at radius 3 is 2.37 bits per heavy atom. The first-order valence-corrected chi connectivity index (χ1v) is 10.4. The number of carbonyl (C=O) groups is 1. The summed E-state index contributed by atoms with van der Waals surface area (Å²) in [6.07, 6.45) is 1.93. The summed E-state index contributed by atoms with van der Waals surface area (Å²) in [5, 5.41) is 11.6. The molecule has 0 spiro atoms. The highest BCUT2D eigenvalue weighted by Crippen LogP contribution is 2.64. The van der Waals surface area contributed by atoms with Crippen LogP contribution >= 0.6 is 7.60 Å². The lowest BCUT2D eigenvalue weighted by Gasteiger charge is -2.26. The standard InChI is InChI=1S/C18H24NO7P/c1-4-24-18(20)17-14(13-9-7-8-10-15(13)19(21)22)11-12-16(17)27(23,25-5-2)26-6-3/h7-10,12,14,17H,4-6,11H2,1-3H3/t14-,17-/m1/s1. The summed E-state index contributed by atoms with van der Waals surface area (Å²) >= 11 is 0. The average molecular weight is 397 g/mol. The van der Waals surface area contributed by atoms with Crippen LogP contribution in [0.3, 0.4) is 0 Å². The predicted octanol–water partition coefficient (Wildman–Crippen LogP) is 4.41. The van der Waals surface area contributed by atoms with Crippen molar-refractivity contribution in [2.45, 2.75) is 33.1 Å². The minimum Gasteiger partial charge on any atom is -0.465 e. The summed E-state index contributed by atoms with van der Waals surface area (Å²) in [7, 11) is -3.71. The molecule has 9 heteroatoms. The second-order valence-electron chi connectivity index (χ2n) is 5.85. The van der Waals surface area contributed by atoms with Crippen LogP contribution in [0.1, 0.15) is 38.7 Å². The van der Waals surface area contributed by atoms with Gasteiger partial charge in [-0.05, 0) is 27.2 Å². The van der Waals surface area contributed by atoms with Crippen molar-refractivity contribution in [3.05, 3.63) is 51.3 Å². The third-order valence-corrected chi connectivity index (χ3v) is 6.58. The number of nitro benzene ring substituents is 1. The van der Waals surface area contributed by atoms with Crippen LogP contribution in [0.5, 0.6) is 0 Å². The molecule has 27 heavy (non-hydrogen) atoms. The van der Waals surface area contributed by atoms with Crippen LogP contribution in [-0.2, 0) is 23.1 Å². The molecule has 0 aliphatic heterocycles. The molecule has 0 amide bonds. The smallest absolute Gasteiger partial charge is 0.357 e. The molecular weight excluding hydrogens is 373 g/mol. The van der Waals surface area contributed by atoms with Gasteiger partial charge in [-0.25, -0.2) is 0 Å². The fourth-order valence-electron chi connectivity index (χ4n) is 3.32. The van der Waals surface area contributed by atoms with Gasteiger partial charge >= 0.3 is 13.6 Å². The van der Waals surface area contributed by atoms with Crippen molar-refractivity contribution in [1.82, 2.24) is 0 Å². The first-order chi connectivity index (χ1) is 12.9. The molecule has 0 saturated carbocycles. The molecule has 1 aromatic rings. The quantitative estimate of drug-likeness (QED) is 0.263. The Kier molecular flexibility index (Phi) is 7.30. The molecular formula is C18H24NO7P. The Morgan fingerprint density at radius 1 is 1.19 bits per heavy atom. The van der Waals surface area contributed by atoms with E-state index in [2.05, 4.69) is 0 Å². The molecule has 0 unspecified atom stereocenters. The number of ether oxygens (including phenoxy) is 1. The number of para-hydroxylation sites is 1. The van der Waals surface area contributed by atoms with E-state index in [1.807, 2.05) is 0 Å². The van der Waals surface area contributed by atoms with E-state index in [-0.39, 0.29) is 30.8 Å². The van der Waals surface area contributed by atoms with Crippen LogP contribution in [0.15, 0.2) is 35.7 Å². The zero-order chi connectivity index (χ0) is 20.0. The molecule has 8 nitrogen and oxygen atoms in total. The van der Waals surface area contributed by atoms with Crippen molar-refractivity contribution in [2.24, 2.45) is 5.92 Å². The summed E-state index contributed by atoms with van der Waals surface area (Å²) in [5.74, 6) is -2.13. The summed E-state index contributed by atoms with van der Waals surface area (Å²) in [5.41, 5.74) is 0.306. The van der Waals surface area contributed by atoms with Crippen LogP contribution in [0, 0.1) is 16.0 Å². The predicted molar refractivity (Wildman–Crippen MR) is 99.5 cm³/mol. The number of hydrogen-bond acceptors (Lipinski definition) is 7. The van der Waals surface area contributed by atoms with Crippen molar-refractivity contribution in [3.8, 4) is 0 Å². The molecule has 2 rings (SSSR count). The van der Waals surface area contributed by atoms with Gasteiger partial charge in [0.25, 0.3) is 5.69 Å². The number of hydrogen-bond donors (Lipinski definition) is 0. The van der Waals surface area contributed by atoms with Crippen LogP contribution in [0.2, 0.25) is 0 Å². The van der Waals surface area contributed by atoms with Gasteiger partial charge in [-0.1, -0.05) is 24.3 Å². The van der Waals surface area contributed by atoms with E-state index in [1.54, 1.807) is 45.0 Å². The second kappa shape index (κ2) is 9.26. The third-order valence-electron chi connectivity index (χ3n) is 4.29. The molecule has 0 aromatic heterocycles. The van der Waals surface area contributed by atoms with Gasteiger partial charge in [-0.2, -0.15) is 0 Å². The highest BCUT2D eigenvalue weighted by atomic mass is 31.2. The normalized spacial score (nSPS) is 19.6. The van der Waals surface area contributed by atoms with E-state index in [4.69, 9.17) is 13.8 Å². The average Bonchev–Trinajstić information content (AvgIpc) is 3.08. The number of benzene rings is 1. The summed E-state index contributed by atoms with van der Waals surface area (Å²) < 4.78 is 29.2. The number of allylic oxidation sites excluding steroid dienone is 1. The molecule has 0 N–H and O–H groups in total. The van der Waals surface area contributed by atoms with E-state index in [0.717, 1.165) is 0 Å². The van der Waals surface area contributed by atoms with Crippen LogP contribution in [0.4, 0.5) is 5.69 Å². The molecule has 0 heterocycles. The van der Waals surface area contributed by atoms with E-state index >= 15 is 0 Å². The number of carbonyl (C=O) groups excluding carboxylic acids is 1. The van der Waals surface area contributed by atoms with Crippen molar-refractivity contribution in [1.29, 1.82) is 0 Å². The molecule has 0 fully saturated rings. The Bertz CT molecular complexity index is 767. The molecule has 0 radical (unpaired) electrons. The molecule has 2 atom stereocenters. The summed E-state index contributed by atoms with van der Waals surface area (Å²) in [4.78, 5) is 23.7. The zero-order valence-corrected chi connectivity index (χ0v) is 16.5. The van der Waals surface area contributed by atoms with Gasteiger partial charge in [0.05, 0.1) is 36.0 Å². The molecule has 1 aromatic carbocycles. The van der Waals surface area contributed by atoms with Gasteiger partial charge in [-0.15, -0.1) is 0 Å². The Labute approximate surface area is 158 Å². The van der Waals surface area contributed by atoms with Crippen molar-refractivity contribution >= 4 is 19.3 Å². The lowest BCUT2D eigenvalue weighted by Crippen LogP contribution is -2.24. The lowest BCUT2D eigenvalue weighted by molar-refractivity contribution is -0.385. The van der Waals surface area contributed by atoms with E-state index in [9.17, 15) is 19.5 Å². The Hall–Kier alpha value is -2.02. The number of nitro groups is 1. The van der Waals surface area contributed by atoms with E-state index in [0.29, 0.717) is 12.0 Å². The van der Waals surface area contributed by atoms with E-state index < -0.39 is 30.3 Å². The second-order valence-corrected chi connectivity index (χ2v) is 7.88. The molecule has 1 aliphatic rings. The lowest BCUT2D eigenvalue weighted by atomic mass is 9.87. The maximum atomic E-state index is 13.3. The van der Waals surface area contributed by atoms with E-state index in [1.165, 1.54) is 6.07 Å². The molecule has 0 saturated heterocycles. The largest absolute Gasteiger partial charge is 0.465 e. The summed E-state index contributed by atoms with van der Waals surface area (Å²) in [6, 6.07) is 6.24. The van der Waals surface area contributed by atoms with Gasteiger partial charge in [0.1, 0.15) is 0 Å². The van der Waals surface area contributed by atoms with Gasteiger partial charge in [-0.3, -0.25) is 19.5 Å². The number of nitrogens with zero attached hydrogens (tertiary/aromatic N) is 1. The van der Waals surface area contributed by atoms with Gasteiger partial charge in [0.15, 0.2) is 0 Å². The minimum atomic E-state index is -3.71. The molecule has 0 bridgehead atoms. The highest BCUT2D eigenvalue weighted by Gasteiger charge is 2.48. The zero-order valence-electron chi connectivity index (χ0n) is 15.6. The summed E-state index contributed by atoms with van der Waals surface area (Å²) in [6.45, 7) is 5.45. The topological polar surface area (TPSA) is 105 Å². The van der Waals surface area contributed by atoms with Crippen LogP contribution in [0.25, 0.3) is 0 Å². The first kappa shape index (κ1) is 21.3. The van der Waals surface area contributed by atoms with Gasteiger partial charge in [0, 0.05) is 17.5 Å². The Morgan fingerprint density at radius 2 is 1.81 bits per heavy atom. The van der Waals surface area contributed by atoms with Crippen molar-refractivity contribution in [3.63, 3.8) is 0 Å². The fourth-order valence-corrected chi connectivity index (χ4v) is 5.32. The fraction of sp³-hybridized carbons (Fsp3) is 0.500. The SMILES string of the molecule is CCOC(=O)[C@H]1C(P(=O)(OCC)OCC)=CC[C@@H]1c1ccccc1[N+](=O)[O-].